The minimum absolute atomic E-state index is 0.0413. The second-order valence-electron chi connectivity index (χ2n) is 6.25. The third kappa shape index (κ3) is 5.37. The van der Waals surface area contributed by atoms with Gasteiger partial charge in [-0.3, -0.25) is 4.79 Å². The molecule has 3 aromatic rings. The Labute approximate surface area is 183 Å². The van der Waals surface area contributed by atoms with Gasteiger partial charge in [0.1, 0.15) is 23.9 Å². The maximum Gasteiger partial charge on any atom is 0.321 e. The number of rotatable bonds is 8. The summed E-state index contributed by atoms with van der Waals surface area (Å²) < 4.78 is 36.3. The molecule has 3 rings (SSSR count). The van der Waals surface area contributed by atoms with Crippen LogP contribution in [-0.4, -0.2) is 44.4 Å². The quantitative estimate of drug-likeness (QED) is 0.469. The second kappa shape index (κ2) is 9.57. The van der Waals surface area contributed by atoms with E-state index in [0.29, 0.717) is 10.7 Å². The third-order valence-electron chi connectivity index (χ3n) is 4.14. The molecule has 0 fully saturated rings. The lowest BCUT2D eigenvalue weighted by molar-refractivity contribution is -0.145. The molecule has 0 aliphatic heterocycles. The predicted molar refractivity (Wildman–Crippen MR) is 115 cm³/mol. The van der Waals surface area contributed by atoms with Crippen LogP contribution in [0.4, 0.5) is 0 Å². The van der Waals surface area contributed by atoms with E-state index in [0.717, 1.165) is 20.6 Å². The average molecular weight is 467 g/mol. The fraction of sp³-hybridized carbons (Fsp3) is 0.200. The molecule has 0 atom stereocenters. The molecule has 0 unspecified atom stereocenters. The first-order valence-corrected chi connectivity index (χ1v) is 11.5. The summed E-state index contributed by atoms with van der Waals surface area (Å²) in [5.41, 5.74) is 1.51. The lowest BCUT2D eigenvalue weighted by Gasteiger charge is -2.16. The summed E-state index contributed by atoms with van der Waals surface area (Å²) >= 11 is 7.21. The van der Waals surface area contributed by atoms with Crippen molar-refractivity contribution >= 4 is 38.9 Å². The molecular formula is C20H19ClN2O5S2. The molecule has 0 radical (unpaired) electrons. The van der Waals surface area contributed by atoms with Crippen LogP contribution in [0.5, 0.6) is 5.75 Å². The van der Waals surface area contributed by atoms with Crippen molar-refractivity contribution in [3.05, 3.63) is 64.6 Å². The van der Waals surface area contributed by atoms with Crippen LogP contribution in [0.2, 0.25) is 5.02 Å². The van der Waals surface area contributed by atoms with Crippen LogP contribution in [0.25, 0.3) is 10.6 Å². The number of aromatic nitrogens is 1. The van der Waals surface area contributed by atoms with Gasteiger partial charge in [-0.1, -0.05) is 11.6 Å². The number of carbonyl (C=O) groups excluding carboxylic acids is 1. The number of halogens is 1. The fourth-order valence-electron chi connectivity index (χ4n) is 2.49. The zero-order valence-corrected chi connectivity index (χ0v) is 18.6. The molecule has 1 heterocycles. The Morgan fingerprint density at radius 1 is 1.13 bits per heavy atom. The highest BCUT2D eigenvalue weighted by Gasteiger charge is 2.23. The number of carbonyl (C=O) groups is 1. The highest BCUT2D eigenvalue weighted by atomic mass is 35.5. The van der Waals surface area contributed by atoms with E-state index in [1.165, 1.54) is 42.6 Å². The Morgan fingerprint density at radius 3 is 2.43 bits per heavy atom. The Morgan fingerprint density at radius 2 is 1.80 bits per heavy atom. The van der Waals surface area contributed by atoms with Crippen molar-refractivity contribution in [1.82, 2.24) is 9.29 Å². The van der Waals surface area contributed by atoms with Crippen LogP contribution in [0.3, 0.4) is 0 Å². The molecule has 0 aliphatic rings. The van der Waals surface area contributed by atoms with Crippen LogP contribution >= 0.6 is 22.9 Å². The number of esters is 1. The molecule has 158 valence electrons. The SMILES string of the molecule is COc1ccc(-c2nc(COC(=O)CN(C)S(=O)(=O)c3ccc(Cl)cc3)cs2)cc1. The topological polar surface area (TPSA) is 85.8 Å². The van der Waals surface area contributed by atoms with Gasteiger partial charge in [-0.05, 0) is 48.5 Å². The molecule has 7 nitrogen and oxygen atoms in total. The maximum absolute atomic E-state index is 12.5. The van der Waals surface area contributed by atoms with Crippen molar-refractivity contribution in [1.29, 1.82) is 0 Å². The zero-order chi connectivity index (χ0) is 21.7. The smallest absolute Gasteiger partial charge is 0.321 e. The number of nitrogens with zero attached hydrogens (tertiary/aromatic N) is 2. The van der Waals surface area contributed by atoms with Crippen LogP contribution in [-0.2, 0) is 26.2 Å². The second-order valence-corrected chi connectivity index (χ2v) is 9.59. The van der Waals surface area contributed by atoms with Gasteiger partial charge in [0, 0.05) is 23.0 Å². The van der Waals surface area contributed by atoms with Crippen molar-refractivity contribution in [2.24, 2.45) is 0 Å². The van der Waals surface area contributed by atoms with Crippen LogP contribution < -0.4 is 4.74 Å². The average Bonchev–Trinajstić information content (AvgIpc) is 3.21. The van der Waals surface area contributed by atoms with Gasteiger partial charge in [-0.2, -0.15) is 4.31 Å². The number of hydrogen-bond donors (Lipinski definition) is 0. The summed E-state index contributed by atoms with van der Waals surface area (Å²) in [5, 5.41) is 3.00. The van der Waals surface area contributed by atoms with Crippen molar-refractivity contribution in [2.45, 2.75) is 11.5 Å². The number of benzene rings is 2. The molecule has 2 aromatic carbocycles. The Kier molecular flexibility index (Phi) is 7.09. The van der Waals surface area contributed by atoms with Crippen molar-refractivity contribution in [3.8, 4) is 16.3 Å². The minimum Gasteiger partial charge on any atom is -0.497 e. The molecule has 30 heavy (non-hydrogen) atoms. The van der Waals surface area contributed by atoms with Gasteiger partial charge in [-0.15, -0.1) is 11.3 Å². The van der Waals surface area contributed by atoms with Crippen LogP contribution in [0.15, 0.2) is 58.8 Å². The van der Waals surface area contributed by atoms with E-state index in [4.69, 9.17) is 21.1 Å². The highest BCUT2D eigenvalue weighted by Crippen LogP contribution is 2.26. The van der Waals surface area contributed by atoms with Crippen LogP contribution in [0.1, 0.15) is 5.69 Å². The molecule has 1 aromatic heterocycles. The standard InChI is InChI=1S/C20H19ClN2O5S2/c1-23(30(25,26)18-9-5-15(21)6-10-18)11-19(24)28-12-16-13-29-20(22-16)14-3-7-17(27-2)8-4-14/h3-10,13H,11-12H2,1-2H3. The van der Waals surface area contributed by atoms with E-state index in [1.807, 2.05) is 24.3 Å². The van der Waals surface area contributed by atoms with E-state index in [1.54, 1.807) is 12.5 Å². The number of thiazole rings is 1. The molecule has 0 amide bonds. The van der Waals surface area contributed by atoms with Gasteiger partial charge in [0.15, 0.2) is 0 Å². The normalized spacial score (nSPS) is 11.5. The van der Waals surface area contributed by atoms with Gasteiger partial charge in [0.05, 0.1) is 17.7 Å². The fourth-order valence-corrected chi connectivity index (χ4v) is 4.54. The lowest BCUT2D eigenvalue weighted by Crippen LogP contribution is -2.33. The molecule has 0 spiro atoms. The zero-order valence-electron chi connectivity index (χ0n) is 16.2. The third-order valence-corrected chi connectivity index (χ3v) is 7.15. The number of ether oxygens (including phenoxy) is 2. The minimum atomic E-state index is -3.82. The molecule has 0 saturated heterocycles. The summed E-state index contributed by atoms with van der Waals surface area (Å²) in [5.74, 6) is 0.0798. The number of sulfonamides is 1. The van der Waals surface area contributed by atoms with Crippen molar-refractivity contribution in [3.63, 3.8) is 0 Å². The van der Waals surface area contributed by atoms with Gasteiger partial charge in [0.2, 0.25) is 10.0 Å². The van der Waals surface area contributed by atoms with Gasteiger partial charge < -0.3 is 9.47 Å². The van der Waals surface area contributed by atoms with Crippen LogP contribution in [0, 0.1) is 0 Å². The van der Waals surface area contributed by atoms with E-state index >= 15 is 0 Å². The molecule has 0 saturated carbocycles. The first-order chi connectivity index (χ1) is 14.3. The summed E-state index contributed by atoms with van der Waals surface area (Å²) in [4.78, 5) is 16.6. The lowest BCUT2D eigenvalue weighted by atomic mass is 10.2. The highest BCUT2D eigenvalue weighted by molar-refractivity contribution is 7.89. The van der Waals surface area contributed by atoms with E-state index < -0.39 is 22.5 Å². The molecule has 10 heteroatoms. The van der Waals surface area contributed by atoms with Gasteiger partial charge >= 0.3 is 5.97 Å². The molecule has 0 bridgehead atoms. The summed E-state index contributed by atoms with van der Waals surface area (Å²) in [7, 11) is -0.906. The number of methoxy groups -OCH3 is 1. The Hall–Kier alpha value is -2.46. The monoisotopic (exact) mass is 466 g/mol. The van der Waals surface area contributed by atoms with E-state index in [9.17, 15) is 13.2 Å². The van der Waals surface area contributed by atoms with E-state index in [2.05, 4.69) is 4.98 Å². The Balaban J connectivity index is 1.56. The predicted octanol–water partition coefficient (Wildman–Crippen LogP) is 3.84. The molecular weight excluding hydrogens is 448 g/mol. The Bertz CT molecular complexity index is 1110. The first-order valence-electron chi connectivity index (χ1n) is 8.76. The molecule has 0 aliphatic carbocycles. The summed E-state index contributed by atoms with van der Waals surface area (Å²) in [6.07, 6.45) is 0. The number of hydrogen-bond acceptors (Lipinski definition) is 7. The first kappa shape index (κ1) is 22.2. The maximum atomic E-state index is 12.5. The van der Waals surface area contributed by atoms with Gasteiger partial charge in [0.25, 0.3) is 0 Å². The van der Waals surface area contributed by atoms with Gasteiger partial charge in [-0.25, -0.2) is 13.4 Å². The summed E-state index contributed by atoms with van der Waals surface area (Å²) in [6.45, 7) is -0.458. The number of likely N-dealkylation sites (N-methyl/N-ethyl adjacent to an activating group) is 1. The van der Waals surface area contributed by atoms with Crippen molar-refractivity contribution < 1.29 is 22.7 Å². The molecule has 0 N–H and O–H groups in total. The largest absolute Gasteiger partial charge is 0.497 e. The summed E-state index contributed by atoms with van der Waals surface area (Å²) in [6, 6.07) is 13.2. The van der Waals surface area contributed by atoms with E-state index in [-0.39, 0.29) is 11.5 Å². The van der Waals surface area contributed by atoms with Crippen molar-refractivity contribution in [2.75, 3.05) is 20.7 Å².